The Morgan fingerprint density at radius 2 is 1.89 bits per heavy atom. The lowest BCUT2D eigenvalue weighted by molar-refractivity contribution is -0.137. The Bertz CT molecular complexity index is 984. The number of carbonyl (C=O) groups excluding carboxylic acids is 1. The summed E-state index contributed by atoms with van der Waals surface area (Å²) >= 11 is 5.90. The maximum Gasteiger partial charge on any atom is 0.416 e. The quantitative estimate of drug-likeness (QED) is 0.635. The van der Waals surface area contributed by atoms with E-state index < -0.39 is 17.6 Å². The molecule has 0 saturated heterocycles. The van der Waals surface area contributed by atoms with Gasteiger partial charge in [0.05, 0.1) is 16.9 Å². The normalized spacial score (nSPS) is 11.5. The maximum absolute atomic E-state index is 12.9. The molecule has 0 spiro atoms. The number of anilines is 1. The van der Waals surface area contributed by atoms with E-state index in [0.29, 0.717) is 22.8 Å². The Morgan fingerprint density at radius 1 is 1.18 bits per heavy atom. The summed E-state index contributed by atoms with van der Waals surface area (Å²) in [7, 11) is 0. The third kappa shape index (κ3) is 4.33. The first-order valence-corrected chi connectivity index (χ1v) is 8.86. The second-order valence-electron chi connectivity index (χ2n) is 6.06. The van der Waals surface area contributed by atoms with Crippen LogP contribution in [-0.2, 0) is 12.6 Å². The van der Waals surface area contributed by atoms with Crippen LogP contribution in [0.4, 0.5) is 18.9 Å². The molecule has 146 valence electrons. The molecule has 5 nitrogen and oxygen atoms in total. The predicted molar refractivity (Wildman–Crippen MR) is 99.8 cm³/mol. The monoisotopic (exact) mass is 408 g/mol. The summed E-state index contributed by atoms with van der Waals surface area (Å²) in [5.74, 6) is -0.622. The van der Waals surface area contributed by atoms with Gasteiger partial charge in [-0.3, -0.25) is 4.79 Å². The van der Waals surface area contributed by atoms with Gasteiger partial charge >= 0.3 is 6.18 Å². The highest BCUT2D eigenvalue weighted by Crippen LogP contribution is 2.30. The van der Waals surface area contributed by atoms with Gasteiger partial charge in [0, 0.05) is 10.7 Å². The van der Waals surface area contributed by atoms with Gasteiger partial charge in [0.15, 0.2) is 5.69 Å². The van der Waals surface area contributed by atoms with Gasteiger partial charge in [0.1, 0.15) is 0 Å². The van der Waals surface area contributed by atoms with Gasteiger partial charge < -0.3 is 5.32 Å². The van der Waals surface area contributed by atoms with Crippen LogP contribution in [0, 0.1) is 0 Å². The third-order valence-corrected chi connectivity index (χ3v) is 4.24. The van der Waals surface area contributed by atoms with Gasteiger partial charge in [-0.05, 0) is 48.9 Å². The zero-order valence-corrected chi connectivity index (χ0v) is 15.6. The first-order valence-electron chi connectivity index (χ1n) is 8.48. The number of rotatable bonds is 5. The first-order chi connectivity index (χ1) is 13.3. The predicted octanol–water partition coefficient (Wildman–Crippen LogP) is 5.14. The number of aromatic nitrogens is 3. The van der Waals surface area contributed by atoms with Crippen molar-refractivity contribution in [2.45, 2.75) is 25.9 Å². The average Bonchev–Trinajstić information content (AvgIpc) is 3.06. The van der Waals surface area contributed by atoms with Crippen LogP contribution in [0.1, 0.15) is 35.1 Å². The summed E-state index contributed by atoms with van der Waals surface area (Å²) in [6.45, 7) is 1.94. The molecule has 0 bridgehead atoms. The molecule has 0 aliphatic rings. The van der Waals surface area contributed by atoms with Crippen molar-refractivity contribution >= 4 is 23.2 Å². The average molecular weight is 409 g/mol. The molecular formula is C19H16ClF3N4O. The van der Waals surface area contributed by atoms with E-state index in [9.17, 15) is 18.0 Å². The Balaban J connectivity index is 1.91. The van der Waals surface area contributed by atoms with Crippen molar-refractivity contribution in [2.75, 3.05) is 5.32 Å². The largest absolute Gasteiger partial charge is 0.416 e. The minimum atomic E-state index is -4.49. The van der Waals surface area contributed by atoms with Gasteiger partial charge in [0.25, 0.3) is 5.91 Å². The zero-order valence-electron chi connectivity index (χ0n) is 14.8. The molecule has 28 heavy (non-hydrogen) atoms. The molecule has 0 atom stereocenters. The summed E-state index contributed by atoms with van der Waals surface area (Å²) in [6, 6.07) is 11.3. The van der Waals surface area contributed by atoms with Gasteiger partial charge in [-0.15, -0.1) is 5.10 Å². The number of nitrogens with one attached hydrogen (secondary N) is 1. The lowest BCUT2D eigenvalue weighted by Crippen LogP contribution is -2.16. The summed E-state index contributed by atoms with van der Waals surface area (Å²) in [5.41, 5.74) is 0.495. The highest BCUT2D eigenvalue weighted by Gasteiger charge is 2.30. The fourth-order valence-electron chi connectivity index (χ4n) is 2.69. The molecule has 0 aliphatic carbocycles. The number of hydrogen-bond donors (Lipinski definition) is 1. The van der Waals surface area contributed by atoms with Crippen molar-refractivity contribution in [2.24, 2.45) is 0 Å². The molecule has 3 aromatic rings. The number of carbonyl (C=O) groups is 1. The highest BCUT2D eigenvalue weighted by molar-refractivity contribution is 6.30. The summed E-state index contributed by atoms with van der Waals surface area (Å²) < 4.78 is 40.1. The van der Waals surface area contributed by atoms with Crippen molar-refractivity contribution in [3.8, 4) is 5.69 Å². The second-order valence-corrected chi connectivity index (χ2v) is 6.49. The third-order valence-electron chi connectivity index (χ3n) is 3.98. The van der Waals surface area contributed by atoms with E-state index >= 15 is 0 Å². The van der Waals surface area contributed by atoms with Crippen LogP contribution in [0.15, 0.2) is 48.5 Å². The zero-order chi connectivity index (χ0) is 20.3. The molecule has 2 aromatic carbocycles. The Labute approximate surface area is 164 Å². The Kier molecular flexibility index (Phi) is 5.69. The van der Waals surface area contributed by atoms with Gasteiger partial charge in [-0.2, -0.15) is 13.2 Å². The number of alkyl halides is 3. The SMILES string of the molecule is CCCc1c(C(=O)Nc2cccc(C(F)(F)F)c2)nnn1-c1ccc(Cl)cc1. The van der Waals surface area contributed by atoms with Crippen LogP contribution < -0.4 is 5.32 Å². The lowest BCUT2D eigenvalue weighted by Gasteiger charge is -2.10. The van der Waals surface area contributed by atoms with E-state index in [4.69, 9.17) is 11.6 Å². The van der Waals surface area contributed by atoms with E-state index in [1.807, 2.05) is 6.92 Å². The highest BCUT2D eigenvalue weighted by atomic mass is 35.5. The van der Waals surface area contributed by atoms with Crippen LogP contribution in [0.5, 0.6) is 0 Å². The smallest absolute Gasteiger partial charge is 0.321 e. The van der Waals surface area contributed by atoms with Crippen LogP contribution in [0.25, 0.3) is 5.69 Å². The molecule has 1 aromatic heterocycles. The van der Waals surface area contributed by atoms with E-state index in [1.54, 1.807) is 24.3 Å². The van der Waals surface area contributed by atoms with Crippen molar-refractivity contribution in [3.05, 3.63) is 70.5 Å². The standard InChI is InChI=1S/C19H16ClF3N4O/c1-2-4-16-17(25-26-27(16)15-9-7-13(20)8-10-15)18(28)24-14-6-3-5-12(11-14)19(21,22)23/h3,5-11H,2,4H2,1H3,(H,24,28). The molecule has 1 N–H and O–H groups in total. The summed E-state index contributed by atoms with van der Waals surface area (Å²) in [6.07, 6.45) is -3.25. The Morgan fingerprint density at radius 3 is 2.54 bits per heavy atom. The van der Waals surface area contributed by atoms with E-state index in [2.05, 4.69) is 15.6 Å². The molecule has 0 fully saturated rings. The topological polar surface area (TPSA) is 59.8 Å². The molecule has 3 rings (SSSR count). The molecule has 1 heterocycles. The summed E-state index contributed by atoms with van der Waals surface area (Å²) in [4.78, 5) is 12.6. The van der Waals surface area contributed by atoms with Crippen LogP contribution in [0.3, 0.4) is 0 Å². The number of halogens is 4. The second kappa shape index (κ2) is 8.02. The minimum Gasteiger partial charge on any atom is -0.321 e. The molecular weight excluding hydrogens is 393 g/mol. The van der Waals surface area contributed by atoms with Crippen LogP contribution >= 0.6 is 11.6 Å². The van der Waals surface area contributed by atoms with Crippen molar-refractivity contribution in [1.29, 1.82) is 0 Å². The maximum atomic E-state index is 12.9. The van der Waals surface area contributed by atoms with Crippen molar-refractivity contribution in [3.63, 3.8) is 0 Å². The molecule has 0 radical (unpaired) electrons. The van der Waals surface area contributed by atoms with Crippen LogP contribution in [-0.4, -0.2) is 20.9 Å². The van der Waals surface area contributed by atoms with E-state index in [0.717, 1.165) is 18.6 Å². The van der Waals surface area contributed by atoms with Crippen molar-refractivity contribution in [1.82, 2.24) is 15.0 Å². The Hall–Kier alpha value is -2.87. The number of amides is 1. The fourth-order valence-corrected chi connectivity index (χ4v) is 2.82. The van der Waals surface area contributed by atoms with Crippen LogP contribution in [0.2, 0.25) is 5.02 Å². The van der Waals surface area contributed by atoms with Gasteiger partial charge in [-0.25, -0.2) is 4.68 Å². The molecule has 0 aliphatic heterocycles. The molecule has 0 unspecified atom stereocenters. The number of nitrogens with zero attached hydrogens (tertiary/aromatic N) is 3. The first kappa shape index (κ1) is 19.9. The number of benzene rings is 2. The molecule has 9 heteroatoms. The minimum absolute atomic E-state index is 0.0308. The fraction of sp³-hybridized carbons (Fsp3) is 0.211. The molecule has 1 amide bonds. The molecule has 0 saturated carbocycles. The van der Waals surface area contributed by atoms with Gasteiger partial charge in [-0.1, -0.05) is 36.2 Å². The van der Waals surface area contributed by atoms with E-state index in [-0.39, 0.29) is 11.4 Å². The van der Waals surface area contributed by atoms with E-state index in [1.165, 1.54) is 16.8 Å². The van der Waals surface area contributed by atoms with Gasteiger partial charge in [0.2, 0.25) is 0 Å². The number of hydrogen-bond acceptors (Lipinski definition) is 3. The van der Waals surface area contributed by atoms with Crippen molar-refractivity contribution < 1.29 is 18.0 Å². The summed E-state index contributed by atoms with van der Waals surface area (Å²) in [5, 5.41) is 11.0. The lowest BCUT2D eigenvalue weighted by atomic mass is 10.1.